The van der Waals surface area contributed by atoms with Crippen molar-refractivity contribution in [1.82, 2.24) is 15.5 Å². The van der Waals surface area contributed by atoms with Gasteiger partial charge < -0.3 is 10.1 Å². The van der Waals surface area contributed by atoms with Crippen LogP contribution in [0.1, 0.15) is 28.8 Å². The van der Waals surface area contributed by atoms with Gasteiger partial charge in [0, 0.05) is 22.4 Å². The van der Waals surface area contributed by atoms with Crippen LogP contribution in [0.4, 0.5) is 8.78 Å². The summed E-state index contributed by atoms with van der Waals surface area (Å²) in [5, 5.41) is 12.1. The molecule has 0 atom stereocenters. The SMILES string of the molecule is Cc1ccc(C(=O)NC2CC2)cc1-c1ccc2c(OC(CF)CF)nncc2c1. The van der Waals surface area contributed by atoms with Crippen LogP contribution >= 0.6 is 0 Å². The highest BCUT2D eigenvalue weighted by Crippen LogP contribution is 2.31. The Kier molecular flexibility index (Phi) is 5.38. The lowest BCUT2D eigenvalue weighted by molar-refractivity contribution is 0.0951. The smallest absolute Gasteiger partial charge is 0.251 e. The Morgan fingerprint density at radius 1 is 1.21 bits per heavy atom. The van der Waals surface area contributed by atoms with E-state index in [4.69, 9.17) is 4.74 Å². The van der Waals surface area contributed by atoms with E-state index in [0.717, 1.165) is 34.9 Å². The summed E-state index contributed by atoms with van der Waals surface area (Å²) in [6.45, 7) is 0.0949. The molecule has 1 aliphatic rings. The van der Waals surface area contributed by atoms with Gasteiger partial charge in [0.2, 0.25) is 5.88 Å². The second-order valence-corrected chi connectivity index (χ2v) is 7.28. The maximum atomic E-state index is 12.8. The molecule has 7 heteroatoms. The van der Waals surface area contributed by atoms with Crippen LogP contribution in [0.15, 0.2) is 42.6 Å². The van der Waals surface area contributed by atoms with Gasteiger partial charge in [-0.05, 0) is 60.7 Å². The minimum atomic E-state index is -1.20. The van der Waals surface area contributed by atoms with Crippen molar-refractivity contribution in [1.29, 1.82) is 0 Å². The molecular formula is C22H21F2N3O2. The van der Waals surface area contributed by atoms with Crippen LogP contribution in [0.2, 0.25) is 0 Å². The van der Waals surface area contributed by atoms with Gasteiger partial charge in [0.1, 0.15) is 13.3 Å². The van der Waals surface area contributed by atoms with Gasteiger partial charge in [0.05, 0.1) is 6.20 Å². The molecule has 150 valence electrons. The van der Waals surface area contributed by atoms with Crippen LogP contribution in [0.3, 0.4) is 0 Å². The van der Waals surface area contributed by atoms with Crippen molar-refractivity contribution in [2.45, 2.75) is 31.9 Å². The lowest BCUT2D eigenvalue weighted by Gasteiger charge is -2.14. The molecule has 3 aromatic rings. The highest BCUT2D eigenvalue weighted by atomic mass is 19.1. The molecule has 0 saturated heterocycles. The molecule has 5 nitrogen and oxygen atoms in total. The molecule has 4 rings (SSSR count). The van der Waals surface area contributed by atoms with Crippen LogP contribution in [0.25, 0.3) is 21.9 Å². The Hall–Kier alpha value is -3.09. The number of nitrogens with zero attached hydrogens (tertiary/aromatic N) is 2. The largest absolute Gasteiger partial charge is 0.467 e. The van der Waals surface area contributed by atoms with Crippen molar-refractivity contribution in [2.24, 2.45) is 0 Å². The van der Waals surface area contributed by atoms with E-state index in [0.29, 0.717) is 17.0 Å². The van der Waals surface area contributed by atoms with Crippen LogP contribution < -0.4 is 10.1 Å². The first-order chi connectivity index (χ1) is 14.1. The first-order valence-corrected chi connectivity index (χ1v) is 9.55. The molecule has 1 heterocycles. The number of aromatic nitrogens is 2. The molecule has 0 spiro atoms. The van der Waals surface area contributed by atoms with Gasteiger partial charge in [-0.1, -0.05) is 12.1 Å². The Labute approximate surface area is 167 Å². The number of ether oxygens (including phenoxy) is 1. The van der Waals surface area contributed by atoms with Crippen molar-refractivity contribution >= 4 is 16.7 Å². The molecular weight excluding hydrogens is 376 g/mol. The first kappa shape index (κ1) is 19.2. The van der Waals surface area contributed by atoms with Crippen molar-refractivity contribution in [3.63, 3.8) is 0 Å². The van der Waals surface area contributed by atoms with Crippen LogP contribution in [-0.2, 0) is 0 Å². The molecule has 0 radical (unpaired) electrons. The third kappa shape index (κ3) is 4.18. The second kappa shape index (κ2) is 8.11. The van der Waals surface area contributed by atoms with E-state index in [1.54, 1.807) is 12.3 Å². The van der Waals surface area contributed by atoms with E-state index in [1.807, 2.05) is 37.3 Å². The molecule has 1 aromatic heterocycles. The van der Waals surface area contributed by atoms with Crippen molar-refractivity contribution in [3.05, 3.63) is 53.7 Å². The predicted molar refractivity (Wildman–Crippen MR) is 107 cm³/mol. The summed E-state index contributed by atoms with van der Waals surface area (Å²) in [7, 11) is 0. The molecule has 1 saturated carbocycles. The zero-order valence-corrected chi connectivity index (χ0v) is 16.0. The number of carbonyl (C=O) groups is 1. The van der Waals surface area contributed by atoms with Crippen LogP contribution in [0.5, 0.6) is 5.88 Å². The second-order valence-electron chi connectivity index (χ2n) is 7.28. The number of aryl methyl sites for hydroxylation is 1. The highest BCUT2D eigenvalue weighted by Gasteiger charge is 2.24. The molecule has 1 fully saturated rings. The maximum absolute atomic E-state index is 12.8. The van der Waals surface area contributed by atoms with Crippen molar-refractivity contribution in [3.8, 4) is 17.0 Å². The van der Waals surface area contributed by atoms with Gasteiger partial charge in [-0.2, -0.15) is 5.10 Å². The third-order valence-electron chi connectivity index (χ3n) is 4.97. The van der Waals surface area contributed by atoms with Gasteiger partial charge in [0.15, 0.2) is 6.10 Å². The summed E-state index contributed by atoms with van der Waals surface area (Å²) < 4.78 is 30.9. The minimum Gasteiger partial charge on any atom is -0.467 e. The monoisotopic (exact) mass is 397 g/mol. The number of hydrogen-bond acceptors (Lipinski definition) is 4. The summed E-state index contributed by atoms with van der Waals surface area (Å²) in [6.07, 6.45) is 2.45. The van der Waals surface area contributed by atoms with Gasteiger partial charge >= 0.3 is 0 Å². The average Bonchev–Trinajstić information content (AvgIpc) is 3.56. The Morgan fingerprint density at radius 3 is 2.72 bits per heavy atom. The van der Waals surface area contributed by atoms with Gasteiger partial charge in [0.25, 0.3) is 5.91 Å². The van der Waals surface area contributed by atoms with E-state index in [1.165, 1.54) is 0 Å². The Morgan fingerprint density at radius 2 is 2.00 bits per heavy atom. The van der Waals surface area contributed by atoms with E-state index < -0.39 is 19.5 Å². The van der Waals surface area contributed by atoms with E-state index in [9.17, 15) is 13.6 Å². The van der Waals surface area contributed by atoms with E-state index in [2.05, 4.69) is 15.5 Å². The maximum Gasteiger partial charge on any atom is 0.251 e. The summed E-state index contributed by atoms with van der Waals surface area (Å²) in [6, 6.07) is 11.5. The summed E-state index contributed by atoms with van der Waals surface area (Å²) in [5.41, 5.74) is 3.48. The number of halogens is 2. The fourth-order valence-corrected chi connectivity index (χ4v) is 3.15. The van der Waals surface area contributed by atoms with Crippen LogP contribution in [-0.4, -0.2) is 41.6 Å². The van der Waals surface area contributed by atoms with E-state index >= 15 is 0 Å². The molecule has 1 aliphatic carbocycles. The summed E-state index contributed by atoms with van der Waals surface area (Å²) in [4.78, 5) is 12.4. The molecule has 0 bridgehead atoms. The molecule has 1 N–H and O–H groups in total. The minimum absolute atomic E-state index is 0.0698. The molecule has 0 unspecified atom stereocenters. The average molecular weight is 397 g/mol. The van der Waals surface area contributed by atoms with Crippen molar-refractivity contribution in [2.75, 3.05) is 13.3 Å². The normalized spacial score (nSPS) is 13.7. The lowest BCUT2D eigenvalue weighted by Crippen LogP contribution is -2.25. The highest BCUT2D eigenvalue weighted by molar-refractivity contribution is 5.97. The lowest BCUT2D eigenvalue weighted by atomic mass is 9.96. The third-order valence-corrected chi connectivity index (χ3v) is 4.97. The number of amides is 1. The number of hydrogen-bond donors (Lipinski definition) is 1. The summed E-state index contributed by atoms with van der Waals surface area (Å²) in [5.74, 6) is 0.0308. The number of benzene rings is 2. The number of carbonyl (C=O) groups excluding carboxylic acids is 1. The molecule has 29 heavy (non-hydrogen) atoms. The molecule has 2 aromatic carbocycles. The zero-order chi connectivity index (χ0) is 20.4. The number of fused-ring (bicyclic) bond motifs is 1. The Balaban J connectivity index is 1.68. The Bertz CT molecular complexity index is 1050. The van der Waals surface area contributed by atoms with Gasteiger partial charge in [-0.25, -0.2) is 8.78 Å². The number of nitrogens with one attached hydrogen (secondary N) is 1. The van der Waals surface area contributed by atoms with Crippen LogP contribution in [0, 0.1) is 6.92 Å². The zero-order valence-electron chi connectivity index (χ0n) is 16.0. The fraction of sp³-hybridized carbons (Fsp3) is 0.318. The van der Waals surface area contributed by atoms with Gasteiger partial charge in [-0.15, -0.1) is 5.10 Å². The summed E-state index contributed by atoms with van der Waals surface area (Å²) >= 11 is 0. The molecule has 1 amide bonds. The molecule has 0 aliphatic heterocycles. The number of rotatable bonds is 7. The van der Waals surface area contributed by atoms with Gasteiger partial charge in [-0.3, -0.25) is 4.79 Å². The van der Waals surface area contributed by atoms with E-state index in [-0.39, 0.29) is 11.8 Å². The quantitative estimate of drug-likeness (QED) is 0.650. The van der Waals surface area contributed by atoms with Crippen molar-refractivity contribution < 1.29 is 18.3 Å². The number of alkyl halides is 2. The first-order valence-electron chi connectivity index (χ1n) is 9.55. The topological polar surface area (TPSA) is 64.1 Å². The standard InChI is InChI=1S/C22H21F2N3O2/c1-13-2-3-15(21(28)26-17-5-6-17)9-20(13)14-4-7-19-16(8-14)12-25-27-22(19)29-18(10-23)11-24/h2-4,7-9,12,17-18H,5-6,10-11H2,1H3,(H,26,28). The fourth-order valence-electron chi connectivity index (χ4n) is 3.15. The predicted octanol–water partition coefficient (Wildman–Crippen LogP) is 4.18.